The molecule has 0 radical (unpaired) electrons. The lowest BCUT2D eigenvalue weighted by Crippen LogP contribution is -2.40. The van der Waals surface area contributed by atoms with E-state index in [1.54, 1.807) is 12.4 Å². The Hall–Kier alpha value is -2.00. The van der Waals surface area contributed by atoms with E-state index in [4.69, 9.17) is 4.74 Å². The molecule has 2 aromatic rings. The molecule has 1 spiro atoms. The summed E-state index contributed by atoms with van der Waals surface area (Å²) in [5, 5.41) is 0. The van der Waals surface area contributed by atoms with E-state index < -0.39 is 5.60 Å². The van der Waals surface area contributed by atoms with Crippen molar-refractivity contribution >= 4 is 5.78 Å². The summed E-state index contributed by atoms with van der Waals surface area (Å²) in [5.41, 5.74) is 2.23. The summed E-state index contributed by atoms with van der Waals surface area (Å²) < 4.78 is 5.96. The first-order valence-corrected chi connectivity index (χ1v) is 7.27. The minimum atomic E-state index is -0.681. The predicted molar refractivity (Wildman–Crippen MR) is 79.2 cm³/mol. The van der Waals surface area contributed by atoms with Crippen LogP contribution in [0, 0.1) is 0 Å². The predicted octanol–water partition coefficient (Wildman–Crippen LogP) is 3.46. The molecule has 106 valence electrons. The van der Waals surface area contributed by atoms with Gasteiger partial charge < -0.3 is 4.74 Å². The SMILES string of the molecule is CC1(C)CC2(OC2c2ccncc2)C(=O)c2ccccc21. The number of epoxide rings is 1. The maximum absolute atomic E-state index is 12.9. The lowest BCUT2D eigenvalue weighted by atomic mass is 9.66. The van der Waals surface area contributed by atoms with Crippen molar-refractivity contribution in [2.45, 2.75) is 37.4 Å². The van der Waals surface area contributed by atoms with E-state index in [2.05, 4.69) is 24.9 Å². The summed E-state index contributed by atoms with van der Waals surface area (Å²) in [6, 6.07) is 11.8. The number of carbonyl (C=O) groups excluding carboxylic acids is 1. The molecule has 21 heavy (non-hydrogen) atoms. The molecule has 2 atom stereocenters. The zero-order chi connectivity index (χ0) is 14.7. The van der Waals surface area contributed by atoms with Crippen LogP contribution in [0.25, 0.3) is 0 Å². The first kappa shape index (κ1) is 12.7. The minimum Gasteiger partial charge on any atom is -0.352 e. The Bertz CT molecular complexity index is 723. The van der Waals surface area contributed by atoms with Crippen LogP contribution < -0.4 is 0 Å². The Balaban J connectivity index is 1.79. The maximum atomic E-state index is 12.9. The van der Waals surface area contributed by atoms with E-state index in [1.807, 2.05) is 30.3 Å². The van der Waals surface area contributed by atoms with Gasteiger partial charge in [0.05, 0.1) is 0 Å². The fraction of sp³-hybridized carbons (Fsp3) is 0.333. The second-order valence-electron chi connectivity index (χ2n) is 6.60. The molecular weight excluding hydrogens is 262 g/mol. The number of pyridine rings is 1. The fourth-order valence-electron chi connectivity index (χ4n) is 3.69. The zero-order valence-electron chi connectivity index (χ0n) is 12.2. The van der Waals surface area contributed by atoms with Crippen LogP contribution in [0.4, 0.5) is 0 Å². The summed E-state index contributed by atoms with van der Waals surface area (Å²) in [6.45, 7) is 4.37. The summed E-state index contributed by atoms with van der Waals surface area (Å²) >= 11 is 0. The second-order valence-corrected chi connectivity index (χ2v) is 6.60. The molecule has 1 aliphatic heterocycles. The van der Waals surface area contributed by atoms with E-state index in [0.717, 1.165) is 23.1 Å². The van der Waals surface area contributed by atoms with Crippen molar-refractivity contribution in [3.63, 3.8) is 0 Å². The topological polar surface area (TPSA) is 42.5 Å². The number of fused-ring (bicyclic) bond motifs is 1. The molecular formula is C18H17NO2. The molecule has 4 rings (SSSR count). The quantitative estimate of drug-likeness (QED) is 0.751. The Kier molecular flexibility index (Phi) is 2.43. The van der Waals surface area contributed by atoms with Gasteiger partial charge in [0, 0.05) is 18.0 Å². The number of hydrogen-bond acceptors (Lipinski definition) is 3. The zero-order valence-corrected chi connectivity index (χ0v) is 12.2. The fourth-order valence-corrected chi connectivity index (χ4v) is 3.69. The van der Waals surface area contributed by atoms with Crippen molar-refractivity contribution in [3.8, 4) is 0 Å². The van der Waals surface area contributed by atoms with Crippen molar-refractivity contribution in [1.82, 2.24) is 4.98 Å². The highest BCUT2D eigenvalue weighted by Gasteiger charge is 2.66. The molecule has 0 amide bonds. The van der Waals surface area contributed by atoms with Crippen molar-refractivity contribution in [2.75, 3.05) is 0 Å². The highest BCUT2D eigenvalue weighted by atomic mass is 16.6. The number of nitrogens with zero attached hydrogens (tertiary/aromatic N) is 1. The number of benzene rings is 1. The Morgan fingerprint density at radius 1 is 1.14 bits per heavy atom. The smallest absolute Gasteiger partial charge is 0.198 e. The highest BCUT2D eigenvalue weighted by Crippen LogP contribution is 2.60. The molecule has 1 fully saturated rings. The number of aromatic nitrogens is 1. The summed E-state index contributed by atoms with van der Waals surface area (Å²) in [7, 11) is 0. The standard InChI is InChI=1S/C18H17NO2/c1-17(2)11-18(15(20)13-5-3-4-6-14(13)17)16(21-18)12-7-9-19-10-8-12/h3-10,16H,11H2,1-2H3. The Labute approximate surface area is 124 Å². The highest BCUT2D eigenvalue weighted by molar-refractivity contribution is 6.07. The number of hydrogen-bond donors (Lipinski definition) is 0. The molecule has 3 nitrogen and oxygen atoms in total. The molecule has 1 aliphatic carbocycles. The van der Waals surface area contributed by atoms with Crippen molar-refractivity contribution < 1.29 is 9.53 Å². The number of rotatable bonds is 1. The largest absolute Gasteiger partial charge is 0.352 e. The van der Waals surface area contributed by atoms with Gasteiger partial charge in [0.1, 0.15) is 6.10 Å². The molecule has 0 N–H and O–H groups in total. The minimum absolute atomic E-state index is 0.0632. The average molecular weight is 279 g/mol. The van der Waals surface area contributed by atoms with E-state index in [9.17, 15) is 4.79 Å². The van der Waals surface area contributed by atoms with Gasteiger partial charge in [-0.3, -0.25) is 9.78 Å². The molecule has 1 aromatic carbocycles. The van der Waals surface area contributed by atoms with Gasteiger partial charge in [-0.1, -0.05) is 38.1 Å². The van der Waals surface area contributed by atoms with Crippen LogP contribution in [0.1, 0.15) is 47.9 Å². The van der Waals surface area contributed by atoms with Crippen LogP contribution in [-0.2, 0) is 10.2 Å². The summed E-state index contributed by atoms with van der Waals surface area (Å²) in [5.74, 6) is 0.124. The van der Waals surface area contributed by atoms with Gasteiger partial charge in [-0.05, 0) is 35.1 Å². The van der Waals surface area contributed by atoms with Gasteiger partial charge in [-0.15, -0.1) is 0 Å². The van der Waals surface area contributed by atoms with E-state index in [1.165, 1.54) is 0 Å². The lowest BCUT2D eigenvalue weighted by molar-refractivity contribution is 0.0812. The molecule has 1 aromatic heterocycles. The van der Waals surface area contributed by atoms with Crippen LogP contribution >= 0.6 is 0 Å². The first-order valence-electron chi connectivity index (χ1n) is 7.27. The maximum Gasteiger partial charge on any atom is 0.198 e. The number of Topliss-reactive ketones (excluding diaryl/α,β-unsaturated/α-hetero) is 1. The van der Waals surface area contributed by atoms with Crippen LogP contribution in [0.15, 0.2) is 48.8 Å². The Morgan fingerprint density at radius 3 is 2.62 bits per heavy atom. The van der Waals surface area contributed by atoms with Gasteiger partial charge in [0.2, 0.25) is 0 Å². The lowest BCUT2D eigenvalue weighted by Gasteiger charge is -2.35. The van der Waals surface area contributed by atoms with Crippen LogP contribution in [0.3, 0.4) is 0 Å². The Morgan fingerprint density at radius 2 is 1.86 bits per heavy atom. The third kappa shape index (κ3) is 1.70. The normalized spacial score (nSPS) is 29.2. The molecule has 0 saturated carbocycles. The van der Waals surface area contributed by atoms with Gasteiger partial charge in [0.25, 0.3) is 0 Å². The number of carbonyl (C=O) groups is 1. The third-order valence-electron chi connectivity index (χ3n) is 4.69. The molecule has 1 saturated heterocycles. The van der Waals surface area contributed by atoms with E-state index >= 15 is 0 Å². The van der Waals surface area contributed by atoms with Crippen LogP contribution in [-0.4, -0.2) is 16.4 Å². The molecule has 0 bridgehead atoms. The third-order valence-corrected chi connectivity index (χ3v) is 4.69. The van der Waals surface area contributed by atoms with Gasteiger partial charge in [-0.2, -0.15) is 0 Å². The molecule has 2 aliphatic rings. The van der Waals surface area contributed by atoms with Crippen molar-refractivity contribution in [3.05, 3.63) is 65.5 Å². The van der Waals surface area contributed by atoms with Crippen LogP contribution in [0.2, 0.25) is 0 Å². The monoisotopic (exact) mass is 279 g/mol. The molecule has 3 heteroatoms. The van der Waals surface area contributed by atoms with Gasteiger partial charge in [0.15, 0.2) is 11.4 Å². The summed E-state index contributed by atoms with van der Waals surface area (Å²) in [4.78, 5) is 17.0. The molecule has 2 unspecified atom stereocenters. The van der Waals surface area contributed by atoms with Gasteiger partial charge >= 0.3 is 0 Å². The second kappa shape index (κ2) is 4.01. The van der Waals surface area contributed by atoms with E-state index in [-0.39, 0.29) is 17.3 Å². The van der Waals surface area contributed by atoms with E-state index in [0.29, 0.717) is 0 Å². The summed E-state index contributed by atoms with van der Waals surface area (Å²) in [6.07, 6.45) is 4.08. The number of ether oxygens (including phenoxy) is 1. The average Bonchev–Trinajstić information content (AvgIpc) is 3.21. The van der Waals surface area contributed by atoms with Gasteiger partial charge in [-0.25, -0.2) is 0 Å². The number of ketones is 1. The first-order chi connectivity index (χ1) is 10.0. The van der Waals surface area contributed by atoms with Crippen molar-refractivity contribution in [1.29, 1.82) is 0 Å². The van der Waals surface area contributed by atoms with Crippen LogP contribution in [0.5, 0.6) is 0 Å². The molecule has 2 heterocycles. The van der Waals surface area contributed by atoms with Crippen molar-refractivity contribution in [2.24, 2.45) is 0 Å².